The minimum absolute atomic E-state index is 0.000613. The lowest BCUT2D eigenvalue weighted by molar-refractivity contribution is 0.660. The fraction of sp³-hybridized carbons (Fsp3) is 0.0732. The molecule has 0 bridgehead atoms. The van der Waals surface area contributed by atoms with E-state index in [0.29, 0.717) is 0 Å². The van der Waals surface area contributed by atoms with E-state index in [0.717, 1.165) is 22.2 Å². The quantitative estimate of drug-likeness (QED) is 0.190. The highest BCUT2D eigenvalue weighted by molar-refractivity contribution is 7.26. The molecular formula is C41H25N3S. The van der Waals surface area contributed by atoms with Crippen LogP contribution >= 0.6 is 11.3 Å². The van der Waals surface area contributed by atoms with Crippen LogP contribution in [0.2, 0.25) is 0 Å². The average Bonchev–Trinajstić information content (AvgIpc) is 3.77. The number of para-hydroxylation sites is 2. The van der Waals surface area contributed by atoms with E-state index in [1.807, 2.05) is 23.5 Å². The number of thiophene rings is 1. The summed E-state index contributed by atoms with van der Waals surface area (Å²) in [6, 6.07) is 42.3. The first kappa shape index (κ1) is 24.1. The molecule has 4 heterocycles. The molecule has 1 aliphatic rings. The Morgan fingerprint density at radius 3 is 2.24 bits per heavy atom. The smallest absolute Gasteiger partial charge is 0.165 e. The zero-order valence-corrected chi connectivity index (χ0v) is 25.5. The molecule has 4 aromatic heterocycles. The molecule has 0 unspecified atom stereocenters. The van der Waals surface area contributed by atoms with Gasteiger partial charge in [-0.25, -0.2) is 9.97 Å². The average molecular weight is 592 g/mol. The molecule has 0 atom stereocenters. The fourth-order valence-corrected chi connectivity index (χ4v) is 9.43. The van der Waals surface area contributed by atoms with Gasteiger partial charge in [0.25, 0.3) is 0 Å². The van der Waals surface area contributed by atoms with Crippen LogP contribution in [-0.4, -0.2) is 14.4 Å². The van der Waals surface area contributed by atoms with E-state index >= 15 is 0 Å². The third-order valence-electron chi connectivity index (χ3n) is 10.3. The molecule has 0 saturated carbocycles. The van der Waals surface area contributed by atoms with Gasteiger partial charge in [0.2, 0.25) is 0 Å². The van der Waals surface area contributed by atoms with Crippen LogP contribution in [-0.2, 0) is 5.41 Å². The normalized spacial score (nSPS) is 14.2. The lowest BCUT2D eigenvalue weighted by Gasteiger charge is -2.21. The van der Waals surface area contributed by atoms with Crippen molar-refractivity contribution in [3.63, 3.8) is 0 Å². The van der Waals surface area contributed by atoms with Crippen molar-refractivity contribution in [1.82, 2.24) is 14.4 Å². The van der Waals surface area contributed by atoms with Crippen LogP contribution < -0.4 is 0 Å². The predicted octanol–water partition coefficient (Wildman–Crippen LogP) is 11.1. The summed E-state index contributed by atoms with van der Waals surface area (Å²) in [6.45, 7) is 4.68. The maximum Gasteiger partial charge on any atom is 0.165 e. The van der Waals surface area contributed by atoms with Crippen molar-refractivity contribution < 1.29 is 0 Å². The van der Waals surface area contributed by atoms with Crippen molar-refractivity contribution in [2.75, 3.05) is 0 Å². The first-order chi connectivity index (χ1) is 22.1. The van der Waals surface area contributed by atoms with E-state index in [1.54, 1.807) is 0 Å². The molecule has 11 rings (SSSR count). The highest BCUT2D eigenvalue weighted by Crippen LogP contribution is 2.51. The van der Waals surface area contributed by atoms with Crippen LogP contribution in [0, 0.1) is 0 Å². The first-order valence-corrected chi connectivity index (χ1v) is 16.3. The maximum atomic E-state index is 5.21. The van der Waals surface area contributed by atoms with Gasteiger partial charge < -0.3 is 0 Å². The number of aromatic nitrogens is 3. The third kappa shape index (κ3) is 2.91. The molecular weight excluding hydrogens is 567 g/mol. The van der Waals surface area contributed by atoms with Crippen LogP contribution in [0.5, 0.6) is 0 Å². The molecule has 0 N–H and O–H groups in total. The second kappa shape index (κ2) is 8.03. The fourth-order valence-electron chi connectivity index (χ4n) is 8.19. The van der Waals surface area contributed by atoms with E-state index in [9.17, 15) is 0 Å². The number of rotatable bonds is 1. The molecule has 3 nitrogen and oxygen atoms in total. The Balaban J connectivity index is 1.26. The summed E-state index contributed by atoms with van der Waals surface area (Å²) in [6.07, 6.45) is 0. The van der Waals surface area contributed by atoms with Crippen molar-refractivity contribution in [3.8, 4) is 22.3 Å². The van der Waals surface area contributed by atoms with Crippen molar-refractivity contribution >= 4 is 80.9 Å². The molecule has 0 amide bonds. The largest absolute Gasteiger partial charge is 0.291 e. The van der Waals surface area contributed by atoms with Gasteiger partial charge in [0.1, 0.15) is 5.52 Å². The van der Waals surface area contributed by atoms with Crippen molar-refractivity contribution in [1.29, 1.82) is 0 Å². The van der Waals surface area contributed by atoms with Crippen LogP contribution in [0.3, 0.4) is 0 Å². The monoisotopic (exact) mass is 591 g/mol. The van der Waals surface area contributed by atoms with Gasteiger partial charge in [0.05, 0.1) is 22.1 Å². The van der Waals surface area contributed by atoms with Gasteiger partial charge in [-0.3, -0.25) is 4.40 Å². The molecule has 0 aliphatic heterocycles. The maximum absolute atomic E-state index is 5.21. The van der Waals surface area contributed by atoms with Gasteiger partial charge in [-0.1, -0.05) is 86.6 Å². The molecule has 10 aromatic rings. The van der Waals surface area contributed by atoms with Crippen molar-refractivity contribution in [2.45, 2.75) is 19.3 Å². The zero-order chi connectivity index (χ0) is 29.6. The molecule has 45 heavy (non-hydrogen) atoms. The summed E-state index contributed by atoms with van der Waals surface area (Å²) in [4.78, 5) is 10.4. The topological polar surface area (TPSA) is 30.2 Å². The Morgan fingerprint density at radius 1 is 0.600 bits per heavy atom. The number of hydrogen-bond acceptors (Lipinski definition) is 3. The third-order valence-corrected chi connectivity index (χ3v) is 11.5. The Morgan fingerprint density at radius 2 is 1.33 bits per heavy atom. The molecule has 4 heteroatoms. The minimum atomic E-state index is 0.000613. The molecule has 0 saturated heterocycles. The van der Waals surface area contributed by atoms with Crippen LogP contribution in [0.15, 0.2) is 115 Å². The molecule has 210 valence electrons. The molecule has 0 radical (unpaired) electrons. The first-order valence-electron chi connectivity index (χ1n) is 15.5. The van der Waals surface area contributed by atoms with Gasteiger partial charge in [-0.15, -0.1) is 11.3 Å². The highest BCUT2D eigenvalue weighted by Gasteiger charge is 2.35. The Labute approximate surface area is 262 Å². The zero-order valence-electron chi connectivity index (χ0n) is 24.7. The van der Waals surface area contributed by atoms with E-state index in [1.165, 1.54) is 80.7 Å². The number of nitrogens with zero attached hydrogens (tertiary/aromatic N) is 3. The van der Waals surface area contributed by atoms with Crippen LogP contribution in [0.25, 0.3) is 91.8 Å². The van der Waals surface area contributed by atoms with Crippen molar-refractivity contribution in [3.05, 3.63) is 126 Å². The summed E-state index contributed by atoms with van der Waals surface area (Å²) in [5.41, 5.74) is 14.1. The van der Waals surface area contributed by atoms with Gasteiger partial charge in [-0.2, -0.15) is 0 Å². The standard InChI is InChI=1S/C41H25N3S/c1-41(2)30-11-5-3-9-24(30)26-19-22(15-17-31(26)41)23-16-18-34-28(20-23)36-38-29(21-27-25-10-4-8-14-35(25)45-39(27)36)37-40(44(34)38)43-33-13-7-6-12-32(33)42-37/h3-21H,1-2H3. The number of fused-ring (bicyclic) bond motifs is 14. The molecule has 0 spiro atoms. The number of benzene rings is 6. The van der Waals surface area contributed by atoms with E-state index in [4.69, 9.17) is 9.97 Å². The SMILES string of the molecule is CC1(C)c2ccccc2-c2cc(-c3ccc4c(c3)c3c5sc6ccccc6c5cc5c6nc7ccccc7nc6n4c53)ccc21. The molecule has 1 aliphatic carbocycles. The van der Waals surface area contributed by atoms with E-state index in [2.05, 4.69) is 121 Å². The molecule has 0 fully saturated rings. The lowest BCUT2D eigenvalue weighted by atomic mass is 9.82. The summed E-state index contributed by atoms with van der Waals surface area (Å²) < 4.78 is 5.01. The Kier molecular flexibility index (Phi) is 4.29. The highest BCUT2D eigenvalue weighted by atomic mass is 32.1. The lowest BCUT2D eigenvalue weighted by Crippen LogP contribution is -2.14. The summed E-state index contributed by atoms with van der Waals surface area (Å²) >= 11 is 1.89. The van der Waals surface area contributed by atoms with Crippen molar-refractivity contribution in [2.24, 2.45) is 0 Å². The van der Waals surface area contributed by atoms with Crippen LogP contribution in [0.1, 0.15) is 25.0 Å². The van der Waals surface area contributed by atoms with Gasteiger partial charge in [0, 0.05) is 41.7 Å². The second-order valence-corrected chi connectivity index (χ2v) is 14.1. The minimum Gasteiger partial charge on any atom is -0.291 e. The Hall–Kier alpha value is -5.32. The van der Waals surface area contributed by atoms with E-state index in [-0.39, 0.29) is 5.41 Å². The van der Waals surface area contributed by atoms with Crippen LogP contribution in [0.4, 0.5) is 0 Å². The second-order valence-electron chi connectivity index (χ2n) is 13.0. The molecule has 6 aromatic carbocycles. The van der Waals surface area contributed by atoms with E-state index < -0.39 is 0 Å². The Bertz CT molecular complexity index is 2910. The summed E-state index contributed by atoms with van der Waals surface area (Å²) in [5, 5.41) is 6.33. The van der Waals surface area contributed by atoms with Gasteiger partial charge in [0.15, 0.2) is 5.65 Å². The summed E-state index contributed by atoms with van der Waals surface area (Å²) in [7, 11) is 0. The summed E-state index contributed by atoms with van der Waals surface area (Å²) in [5.74, 6) is 0. The van der Waals surface area contributed by atoms with Gasteiger partial charge >= 0.3 is 0 Å². The number of hydrogen-bond donors (Lipinski definition) is 0. The predicted molar refractivity (Wildman–Crippen MR) is 190 cm³/mol. The van der Waals surface area contributed by atoms with Gasteiger partial charge in [-0.05, 0) is 75.8 Å².